The van der Waals surface area contributed by atoms with Crippen LogP contribution in [0.1, 0.15) is 27.2 Å². The van der Waals surface area contributed by atoms with Gasteiger partial charge in [0.2, 0.25) is 0 Å². The van der Waals surface area contributed by atoms with Crippen molar-refractivity contribution in [2.45, 2.75) is 119 Å². The molecule has 3 saturated heterocycles. The molecule has 3 aliphatic rings. The zero-order chi connectivity index (χ0) is 26.9. The van der Waals surface area contributed by atoms with Crippen molar-refractivity contribution in [2.75, 3.05) is 6.61 Å². The van der Waals surface area contributed by atoms with Gasteiger partial charge < -0.3 is 69.3 Å². The molecule has 8 N–H and O–H groups in total. The number of aliphatic hydroxyl groups excluding tert-OH is 7. The molecule has 0 amide bonds. The molecule has 36 heavy (non-hydrogen) atoms. The highest BCUT2D eigenvalue weighted by molar-refractivity contribution is 5.73. The summed E-state index contributed by atoms with van der Waals surface area (Å²) in [5, 5.41) is 81.9. The lowest BCUT2D eigenvalue weighted by molar-refractivity contribution is -0.382. The molecule has 0 radical (unpaired) electrons. The fourth-order valence-corrected chi connectivity index (χ4v) is 4.25. The van der Waals surface area contributed by atoms with E-state index in [-0.39, 0.29) is 6.61 Å². The van der Waals surface area contributed by atoms with Gasteiger partial charge in [0.1, 0.15) is 54.9 Å². The van der Waals surface area contributed by atoms with Crippen molar-refractivity contribution in [3.63, 3.8) is 0 Å². The second-order valence-electron chi connectivity index (χ2n) is 9.19. The monoisotopic (exact) mass is 528 g/mol. The van der Waals surface area contributed by atoms with Crippen LogP contribution in [0.4, 0.5) is 0 Å². The summed E-state index contributed by atoms with van der Waals surface area (Å²) >= 11 is 0. The molecule has 3 aliphatic heterocycles. The van der Waals surface area contributed by atoms with Gasteiger partial charge in [0.15, 0.2) is 25.0 Å². The van der Waals surface area contributed by atoms with Crippen LogP contribution in [0, 0.1) is 0 Å². The van der Waals surface area contributed by atoms with Crippen LogP contribution in [-0.4, -0.2) is 146 Å². The first-order valence-corrected chi connectivity index (χ1v) is 11.8. The minimum Gasteiger partial charge on any atom is -0.479 e. The van der Waals surface area contributed by atoms with Gasteiger partial charge >= 0.3 is 5.97 Å². The Labute approximate surface area is 206 Å². The van der Waals surface area contributed by atoms with Crippen LogP contribution in [0.3, 0.4) is 0 Å². The minimum absolute atomic E-state index is 0.123. The number of aliphatic hydroxyl groups is 7. The molecule has 3 rings (SSSR count). The number of aliphatic carboxylic acids is 1. The van der Waals surface area contributed by atoms with Crippen LogP contribution in [0.5, 0.6) is 0 Å². The number of ether oxygens (including phenoxy) is 6. The summed E-state index contributed by atoms with van der Waals surface area (Å²) < 4.78 is 32.8. The fraction of sp³-hybridized carbons (Fsp3) is 0.952. The lowest BCUT2D eigenvalue weighted by Crippen LogP contribution is -2.66. The predicted octanol–water partition coefficient (Wildman–Crippen LogP) is -3.99. The molecule has 15 nitrogen and oxygen atoms in total. The summed E-state index contributed by atoms with van der Waals surface area (Å²) in [5.41, 5.74) is 0. The molecule has 3 heterocycles. The van der Waals surface area contributed by atoms with Crippen molar-refractivity contribution in [3.8, 4) is 0 Å². The molecule has 3 fully saturated rings. The van der Waals surface area contributed by atoms with E-state index in [0.29, 0.717) is 6.42 Å². The maximum Gasteiger partial charge on any atom is 0.335 e. The molecule has 15 atom stereocenters. The Bertz CT molecular complexity index is 725. The molecule has 0 aromatic rings. The van der Waals surface area contributed by atoms with E-state index >= 15 is 0 Å². The van der Waals surface area contributed by atoms with Crippen LogP contribution in [0.15, 0.2) is 0 Å². The van der Waals surface area contributed by atoms with E-state index in [2.05, 4.69) is 0 Å². The first-order chi connectivity index (χ1) is 16.9. The highest BCUT2D eigenvalue weighted by Gasteiger charge is 2.54. The summed E-state index contributed by atoms with van der Waals surface area (Å²) in [7, 11) is 0. The molecule has 0 unspecified atom stereocenters. The van der Waals surface area contributed by atoms with Crippen molar-refractivity contribution in [3.05, 3.63) is 0 Å². The van der Waals surface area contributed by atoms with E-state index in [1.54, 1.807) is 6.92 Å². The third-order valence-electron chi connectivity index (χ3n) is 6.45. The Hall–Kier alpha value is -1.05. The van der Waals surface area contributed by atoms with Gasteiger partial charge in [-0.15, -0.1) is 0 Å². The number of rotatable bonds is 8. The largest absolute Gasteiger partial charge is 0.479 e. The number of hydrogen-bond acceptors (Lipinski definition) is 14. The van der Waals surface area contributed by atoms with Crippen LogP contribution in [0.25, 0.3) is 0 Å². The average molecular weight is 529 g/mol. The van der Waals surface area contributed by atoms with Gasteiger partial charge in [0.05, 0.1) is 12.2 Å². The maximum absolute atomic E-state index is 11.9. The van der Waals surface area contributed by atoms with Gasteiger partial charge in [0, 0.05) is 6.61 Å². The molecule has 0 aliphatic carbocycles. The summed E-state index contributed by atoms with van der Waals surface area (Å²) in [6.07, 6.45) is -23.1. The average Bonchev–Trinajstić information content (AvgIpc) is 2.83. The highest BCUT2D eigenvalue weighted by Crippen LogP contribution is 2.33. The fourth-order valence-electron chi connectivity index (χ4n) is 4.25. The SMILES string of the molecule is CCCO[C@@H]1O[C@H](C(=O)O)[C@H](O[C@@H]2O[C@@H](C)[C@H](O)[C@@H](O)[C@H]2O[C@@H]2O[C@@H](C)[C@H](O)[C@@H](O)[C@H]2O)[C@H](O)[C@H]1O. The van der Waals surface area contributed by atoms with Crippen molar-refractivity contribution >= 4 is 5.97 Å². The summed E-state index contributed by atoms with van der Waals surface area (Å²) in [6, 6.07) is 0. The van der Waals surface area contributed by atoms with E-state index in [0.717, 1.165) is 0 Å². The first kappa shape index (κ1) is 29.5. The summed E-state index contributed by atoms with van der Waals surface area (Å²) in [6.45, 7) is 4.69. The lowest BCUT2D eigenvalue weighted by atomic mass is 9.96. The summed E-state index contributed by atoms with van der Waals surface area (Å²) in [5.74, 6) is -1.55. The molecule has 210 valence electrons. The van der Waals surface area contributed by atoms with E-state index in [4.69, 9.17) is 28.4 Å². The molecule has 0 spiro atoms. The molecule has 0 aromatic carbocycles. The molecular weight excluding hydrogens is 492 g/mol. The number of carboxylic acids is 1. The van der Waals surface area contributed by atoms with Gasteiger partial charge in [0.25, 0.3) is 0 Å². The summed E-state index contributed by atoms with van der Waals surface area (Å²) in [4.78, 5) is 11.9. The lowest BCUT2D eigenvalue weighted by Gasteiger charge is -2.47. The smallest absolute Gasteiger partial charge is 0.335 e. The molecule has 15 heteroatoms. The van der Waals surface area contributed by atoms with Crippen molar-refractivity contribution in [1.29, 1.82) is 0 Å². The molecule has 0 saturated carbocycles. The molecule has 0 aromatic heterocycles. The van der Waals surface area contributed by atoms with Crippen molar-refractivity contribution in [1.82, 2.24) is 0 Å². The zero-order valence-corrected chi connectivity index (χ0v) is 20.0. The Kier molecular flexibility index (Phi) is 10.0. The highest BCUT2D eigenvalue weighted by atomic mass is 16.8. The van der Waals surface area contributed by atoms with Crippen LogP contribution in [-0.2, 0) is 33.2 Å². The van der Waals surface area contributed by atoms with Crippen LogP contribution >= 0.6 is 0 Å². The van der Waals surface area contributed by atoms with Crippen molar-refractivity contribution in [2.24, 2.45) is 0 Å². The number of carbonyl (C=O) groups is 1. The van der Waals surface area contributed by atoms with Crippen LogP contribution in [0.2, 0.25) is 0 Å². The Balaban J connectivity index is 1.82. The number of carboxylic acid groups (broad SMARTS) is 1. The van der Waals surface area contributed by atoms with Gasteiger partial charge in [-0.1, -0.05) is 6.92 Å². The molecule has 0 bridgehead atoms. The maximum atomic E-state index is 11.9. The Morgan fingerprint density at radius 2 is 1.17 bits per heavy atom. The zero-order valence-electron chi connectivity index (χ0n) is 20.0. The normalized spacial score (nSPS) is 50.1. The van der Waals surface area contributed by atoms with Crippen LogP contribution < -0.4 is 0 Å². The first-order valence-electron chi connectivity index (χ1n) is 11.8. The Morgan fingerprint density at radius 1 is 0.667 bits per heavy atom. The van der Waals surface area contributed by atoms with Gasteiger partial charge in [-0.25, -0.2) is 4.79 Å². The second-order valence-corrected chi connectivity index (χ2v) is 9.19. The van der Waals surface area contributed by atoms with E-state index < -0.39 is 98.1 Å². The predicted molar refractivity (Wildman–Crippen MR) is 113 cm³/mol. The van der Waals surface area contributed by atoms with E-state index in [9.17, 15) is 45.6 Å². The molecular formula is C21H36O15. The minimum atomic E-state index is -1.83. The van der Waals surface area contributed by atoms with E-state index in [1.165, 1.54) is 13.8 Å². The van der Waals surface area contributed by atoms with Gasteiger partial charge in [-0.2, -0.15) is 0 Å². The topological polar surface area (TPSA) is 234 Å². The van der Waals surface area contributed by atoms with Crippen molar-refractivity contribution < 1.29 is 74.1 Å². The van der Waals surface area contributed by atoms with Gasteiger partial charge in [-0.3, -0.25) is 0 Å². The third kappa shape index (κ3) is 5.99. The Morgan fingerprint density at radius 3 is 1.75 bits per heavy atom. The standard InChI is InChI=1S/C21H36O15/c1-4-5-31-19-14(28)12(26)15(17(36-19)18(29)30)34-21-16(11(25)9(23)7(3)33-21)35-20-13(27)10(24)8(22)6(2)32-20/h6-17,19-28H,4-5H2,1-3H3,(H,29,30)/t6-,7-,8-,9-,10+,11+,12+,13+,14+,15+,16+,17-,19+,20-,21-/m0/s1. The number of hydrogen-bond donors (Lipinski definition) is 8. The van der Waals surface area contributed by atoms with E-state index in [1.807, 2.05) is 0 Å². The second kappa shape index (κ2) is 12.2. The third-order valence-corrected chi connectivity index (χ3v) is 6.45. The van der Waals surface area contributed by atoms with Gasteiger partial charge in [-0.05, 0) is 20.3 Å². The quantitative estimate of drug-likeness (QED) is 0.150.